The number of carbonyl (C=O) groups is 3. The van der Waals surface area contributed by atoms with Gasteiger partial charge in [-0.25, -0.2) is 0 Å². The molecule has 7 heteroatoms. The lowest BCUT2D eigenvalue weighted by Crippen LogP contribution is -2.54. The minimum absolute atomic E-state index is 0.0115. The molecule has 0 aromatic heterocycles. The first-order valence-corrected chi connectivity index (χ1v) is 12.1. The minimum Gasteiger partial charge on any atom is -0.380 e. The Morgan fingerprint density at radius 2 is 1.81 bits per heavy atom. The highest BCUT2D eigenvalue weighted by atomic mass is 16.3. The van der Waals surface area contributed by atoms with Crippen molar-refractivity contribution in [2.75, 3.05) is 31.5 Å². The summed E-state index contributed by atoms with van der Waals surface area (Å²) in [5.41, 5.74) is 0.896. The summed E-state index contributed by atoms with van der Waals surface area (Å²) in [4.78, 5) is 40.9. The largest absolute Gasteiger partial charge is 0.380 e. The van der Waals surface area contributed by atoms with Gasteiger partial charge in [0.05, 0.1) is 0 Å². The predicted octanol–water partition coefficient (Wildman–Crippen LogP) is 2.58. The molecular formula is C25H35N3O4. The van der Waals surface area contributed by atoms with Crippen LogP contribution in [0.2, 0.25) is 0 Å². The third kappa shape index (κ3) is 5.49. The first-order valence-electron chi connectivity index (χ1n) is 12.1. The van der Waals surface area contributed by atoms with Gasteiger partial charge in [0.25, 0.3) is 5.91 Å². The fourth-order valence-corrected chi connectivity index (χ4v) is 4.46. The third-order valence-corrected chi connectivity index (χ3v) is 7.00. The molecular weight excluding hydrogens is 406 g/mol. The molecule has 7 nitrogen and oxygen atoms in total. The van der Waals surface area contributed by atoms with E-state index >= 15 is 0 Å². The maximum atomic E-state index is 13.0. The predicted molar refractivity (Wildman–Crippen MR) is 122 cm³/mol. The second-order valence-electron chi connectivity index (χ2n) is 9.61. The number of benzene rings is 1. The summed E-state index contributed by atoms with van der Waals surface area (Å²) in [6.07, 6.45) is 6.50. The van der Waals surface area contributed by atoms with Crippen molar-refractivity contribution in [1.29, 1.82) is 0 Å². The molecule has 2 aliphatic carbocycles. The number of aryl methyl sites for hydroxylation is 1. The number of carbonyl (C=O) groups excluding carboxylic acids is 3. The number of nitrogens with zero attached hydrogens (tertiary/aromatic N) is 2. The lowest BCUT2D eigenvalue weighted by Gasteiger charge is -2.37. The van der Waals surface area contributed by atoms with E-state index in [9.17, 15) is 19.5 Å². The van der Waals surface area contributed by atoms with Crippen LogP contribution in [0.15, 0.2) is 24.3 Å². The van der Waals surface area contributed by atoms with Crippen LogP contribution in [-0.2, 0) is 20.8 Å². The number of nitrogens with one attached hydrogen (secondary N) is 1. The number of piperazine rings is 1. The van der Waals surface area contributed by atoms with Crippen molar-refractivity contribution < 1.29 is 19.5 Å². The van der Waals surface area contributed by atoms with Crippen LogP contribution in [0.25, 0.3) is 0 Å². The molecule has 3 aliphatic rings. The average molecular weight is 442 g/mol. The Hall–Kier alpha value is -2.41. The molecule has 0 radical (unpaired) electrons. The van der Waals surface area contributed by atoms with Gasteiger partial charge in [-0.2, -0.15) is 0 Å². The van der Waals surface area contributed by atoms with Gasteiger partial charge in [0.15, 0.2) is 0 Å². The number of rotatable bonds is 9. The Kier molecular flexibility index (Phi) is 6.84. The third-order valence-electron chi connectivity index (χ3n) is 7.00. The van der Waals surface area contributed by atoms with Gasteiger partial charge in [-0.3, -0.25) is 14.4 Å². The number of aliphatic hydroxyl groups is 1. The lowest BCUT2D eigenvalue weighted by atomic mass is 9.95. The molecule has 2 saturated carbocycles. The van der Waals surface area contributed by atoms with Crippen LogP contribution in [0.1, 0.15) is 57.4 Å². The van der Waals surface area contributed by atoms with Gasteiger partial charge >= 0.3 is 0 Å². The molecule has 32 heavy (non-hydrogen) atoms. The van der Waals surface area contributed by atoms with Crippen LogP contribution in [0.4, 0.5) is 5.69 Å². The van der Waals surface area contributed by atoms with Crippen LogP contribution in [0.5, 0.6) is 0 Å². The fraction of sp³-hybridized carbons (Fsp3) is 0.640. The molecule has 1 atom stereocenters. The van der Waals surface area contributed by atoms with E-state index in [4.69, 9.17) is 0 Å². The van der Waals surface area contributed by atoms with Crippen molar-refractivity contribution in [3.63, 3.8) is 0 Å². The number of hydrogen-bond donors (Lipinski definition) is 2. The monoisotopic (exact) mass is 441 g/mol. The summed E-state index contributed by atoms with van der Waals surface area (Å²) < 4.78 is 0. The molecule has 1 saturated heterocycles. The quantitative estimate of drug-likeness (QED) is 0.616. The van der Waals surface area contributed by atoms with Crippen LogP contribution in [0, 0.1) is 11.8 Å². The SMILES string of the molecule is CCC(CCCc1cccc(NC(=O)C2CC2)c1)C(=O)N1CCN(C(=O)C2(O)CC2)CC1. The topological polar surface area (TPSA) is 90.0 Å². The van der Waals surface area contributed by atoms with Crippen molar-refractivity contribution >= 4 is 23.4 Å². The van der Waals surface area contributed by atoms with E-state index in [2.05, 4.69) is 18.3 Å². The maximum Gasteiger partial charge on any atom is 0.254 e. The molecule has 3 fully saturated rings. The highest BCUT2D eigenvalue weighted by Gasteiger charge is 2.50. The number of amides is 3. The number of hydrogen-bond acceptors (Lipinski definition) is 4. The number of anilines is 1. The smallest absolute Gasteiger partial charge is 0.254 e. The van der Waals surface area contributed by atoms with E-state index in [0.29, 0.717) is 39.0 Å². The second-order valence-corrected chi connectivity index (χ2v) is 9.61. The molecule has 4 rings (SSSR count). The summed E-state index contributed by atoms with van der Waals surface area (Å²) in [6.45, 7) is 4.14. The standard InChI is InChI=1S/C25H35N3O4/c1-2-19(23(30)27-13-15-28(16-14-27)24(31)25(32)11-12-25)7-3-5-18-6-4-8-21(17-18)26-22(29)20-9-10-20/h4,6,8,17,19-20,32H,2-3,5,7,9-16H2,1H3,(H,26,29). The zero-order valence-electron chi connectivity index (χ0n) is 19.0. The zero-order chi connectivity index (χ0) is 22.7. The minimum atomic E-state index is -1.13. The van der Waals surface area contributed by atoms with Crippen molar-refractivity contribution in [2.24, 2.45) is 11.8 Å². The van der Waals surface area contributed by atoms with Gasteiger partial charge in [0.2, 0.25) is 11.8 Å². The van der Waals surface area contributed by atoms with Gasteiger partial charge in [-0.05, 0) is 69.1 Å². The normalized spacial score (nSPS) is 20.6. The van der Waals surface area contributed by atoms with Gasteiger partial charge in [-0.15, -0.1) is 0 Å². The summed E-state index contributed by atoms with van der Waals surface area (Å²) in [5.74, 6) is 0.297. The Balaban J connectivity index is 1.22. The molecule has 1 aromatic rings. The van der Waals surface area contributed by atoms with E-state index in [0.717, 1.165) is 44.2 Å². The zero-order valence-corrected chi connectivity index (χ0v) is 19.0. The fourth-order valence-electron chi connectivity index (χ4n) is 4.46. The molecule has 174 valence electrons. The molecule has 2 N–H and O–H groups in total. The van der Waals surface area contributed by atoms with E-state index in [-0.39, 0.29) is 29.6 Å². The summed E-state index contributed by atoms with van der Waals surface area (Å²) in [7, 11) is 0. The van der Waals surface area contributed by atoms with Crippen molar-refractivity contribution in [2.45, 2.75) is 63.9 Å². The van der Waals surface area contributed by atoms with Crippen LogP contribution >= 0.6 is 0 Å². The maximum absolute atomic E-state index is 13.0. The summed E-state index contributed by atoms with van der Waals surface area (Å²) >= 11 is 0. The second kappa shape index (κ2) is 9.61. The van der Waals surface area contributed by atoms with Crippen LogP contribution < -0.4 is 5.32 Å². The molecule has 1 unspecified atom stereocenters. The molecule has 1 heterocycles. The molecule has 1 aromatic carbocycles. The van der Waals surface area contributed by atoms with Gasteiger partial charge < -0.3 is 20.2 Å². The van der Waals surface area contributed by atoms with E-state index in [1.165, 1.54) is 5.56 Å². The van der Waals surface area contributed by atoms with E-state index in [1.807, 2.05) is 23.1 Å². The van der Waals surface area contributed by atoms with Gasteiger partial charge in [0.1, 0.15) is 5.60 Å². The molecule has 0 spiro atoms. The summed E-state index contributed by atoms with van der Waals surface area (Å²) in [5, 5.41) is 13.0. The average Bonchev–Trinajstić information content (AvgIpc) is 3.73. The van der Waals surface area contributed by atoms with E-state index < -0.39 is 5.60 Å². The first-order chi connectivity index (χ1) is 15.4. The lowest BCUT2D eigenvalue weighted by molar-refractivity contribution is -0.148. The van der Waals surface area contributed by atoms with Crippen LogP contribution in [0.3, 0.4) is 0 Å². The van der Waals surface area contributed by atoms with Crippen molar-refractivity contribution in [3.05, 3.63) is 29.8 Å². The Bertz CT molecular complexity index is 854. The molecule has 1 aliphatic heterocycles. The Morgan fingerprint density at radius 3 is 2.44 bits per heavy atom. The van der Waals surface area contributed by atoms with E-state index in [1.54, 1.807) is 4.90 Å². The Labute approximate surface area is 190 Å². The molecule has 0 bridgehead atoms. The van der Waals surface area contributed by atoms with Crippen molar-refractivity contribution in [1.82, 2.24) is 9.80 Å². The highest BCUT2D eigenvalue weighted by molar-refractivity contribution is 5.94. The Morgan fingerprint density at radius 1 is 1.12 bits per heavy atom. The van der Waals surface area contributed by atoms with Crippen molar-refractivity contribution in [3.8, 4) is 0 Å². The molecule has 3 amide bonds. The summed E-state index contributed by atoms with van der Waals surface area (Å²) in [6, 6.07) is 8.00. The van der Waals surface area contributed by atoms with Crippen LogP contribution in [-0.4, -0.2) is 64.4 Å². The highest BCUT2D eigenvalue weighted by Crippen LogP contribution is 2.37. The van der Waals surface area contributed by atoms with Gasteiger partial charge in [0, 0.05) is 43.7 Å². The first kappa shape index (κ1) is 22.8. The van der Waals surface area contributed by atoms with Gasteiger partial charge in [-0.1, -0.05) is 19.1 Å².